The average molecular weight is 726 g/mol. The highest BCUT2D eigenvalue weighted by Gasteiger charge is 2.14. The van der Waals surface area contributed by atoms with Gasteiger partial charge >= 0.3 is 11.9 Å². The van der Waals surface area contributed by atoms with Crippen LogP contribution in [0.5, 0.6) is 0 Å². The Morgan fingerprint density at radius 1 is 0.451 bits per heavy atom. The van der Waals surface area contributed by atoms with Crippen LogP contribution in [-0.4, -0.2) is 60.9 Å². The van der Waals surface area contributed by atoms with Crippen molar-refractivity contribution in [1.29, 1.82) is 0 Å². The molecule has 0 atom stereocenters. The second-order valence-corrected chi connectivity index (χ2v) is 15.1. The number of rotatable bonds is 39. The SMILES string of the molecule is CCCCCCCCC(CCCCCCCC)OC(=O)CCCCCCCN(CCO)CCCCC.CCCCCCCCCOC(=O)CCC. The van der Waals surface area contributed by atoms with Crippen LogP contribution in [0, 0.1) is 0 Å². The third-order valence-corrected chi connectivity index (χ3v) is 9.87. The Labute approximate surface area is 319 Å². The molecule has 0 aromatic carbocycles. The highest BCUT2D eigenvalue weighted by Crippen LogP contribution is 2.18. The van der Waals surface area contributed by atoms with Gasteiger partial charge in [-0.15, -0.1) is 0 Å². The fourth-order valence-corrected chi connectivity index (χ4v) is 6.53. The maximum absolute atomic E-state index is 12.5. The minimum absolute atomic E-state index is 0.0296. The molecule has 0 saturated carbocycles. The van der Waals surface area contributed by atoms with E-state index in [-0.39, 0.29) is 24.6 Å². The van der Waals surface area contributed by atoms with Crippen LogP contribution in [0.15, 0.2) is 0 Å². The Hall–Kier alpha value is -1.14. The molecule has 0 aromatic rings. The lowest BCUT2D eigenvalue weighted by Crippen LogP contribution is -2.29. The van der Waals surface area contributed by atoms with Gasteiger partial charge in [0, 0.05) is 19.4 Å². The van der Waals surface area contributed by atoms with Crippen molar-refractivity contribution in [3.8, 4) is 0 Å². The van der Waals surface area contributed by atoms with Crippen molar-refractivity contribution in [2.75, 3.05) is 32.8 Å². The maximum Gasteiger partial charge on any atom is 0.306 e. The van der Waals surface area contributed by atoms with Crippen LogP contribution in [0.2, 0.25) is 0 Å². The van der Waals surface area contributed by atoms with E-state index in [9.17, 15) is 14.7 Å². The molecule has 0 radical (unpaired) electrons. The lowest BCUT2D eigenvalue weighted by Gasteiger charge is -2.21. The molecule has 0 aromatic heterocycles. The first kappa shape index (κ1) is 52.0. The number of nitrogens with zero attached hydrogens (tertiary/aromatic N) is 1. The van der Waals surface area contributed by atoms with Crippen molar-refractivity contribution in [3.63, 3.8) is 0 Å². The second-order valence-electron chi connectivity index (χ2n) is 15.1. The Balaban J connectivity index is 0. The van der Waals surface area contributed by atoms with Crippen LogP contribution >= 0.6 is 0 Å². The van der Waals surface area contributed by atoms with E-state index in [2.05, 4.69) is 32.6 Å². The van der Waals surface area contributed by atoms with Crippen molar-refractivity contribution < 1.29 is 24.2 Å². The van der Waals surface area contributed by atoms with Gasteiger partial charge in [-0.1, -0.05) is 169 Å². The number of hydrogen-bond acceptors (Lipinski definition) is 6. The van der Waals surface area contributed by atoms with Gasteiger partial charge in [0.2, 0.25) is 0 Å². The molecule has 0 heterocycles. The molecule has 0 saturated heterocycles. The molecule has 0 rings (SSSR count). The molecular weight excluding hydrogens is 634 g/mol. The van der Waals surface area contributed by atoms with Crippen molar-refractivity contribution in [3.05, 3.63) is 0 Å². The molecular formula is C45H91NO5. The summed E-state index contributed by atoms with van der Waals surface area (Å²) in [6.45, 7) is 14.9. The highest BCUT2D eigenvalue weighted by molar-refractivity contribution is 5.69. The molecule has 0 aliphatic heterocycles. The van der Waals surface area contributed by atoms with E-state index in [4.69, 9.17) is 9.47 Å². The highest BCUT2D eigenvalue weighted by atomic mass is 16.5. The van der Waals surface area contributed by atoms with Gasteiger partial charge in [-0.05, 0) is 70.9 Å². The van der Waals surface area contributed by atoms with Crippen LogP contribution < -0.4 is 0 Å². The number of esters is 2. The molecule has 0 amide bonds. The zero-order chi connectivity index (χ0) is 37.9. The van der Waals surface area contributed by atoms with Crippen molar-refractivity contribution >= 4 is 11.9 Å². The Morgan fingerprint density at radius 2 is 0.863 bits per heavy atom. The number of carbonyl (C=O) groups excluding carboxylic acids is 2. The predicted molar refractivity (Wildman–Crippen MR) is 220 cm³/mol. The number of hydrogen-bond donors (Lipinski definition) is 1. The van der Waals surface area contributed by atoms with Gasteiger partial charge in [0.05, 0.1) is 13.2 Å². The Bertz CT molecular complexity index is 672. The summed E-state index contributed by atoms with van der Waals surface area (Å²) in [6, 6.07) is 0. The molecule has 1 N–H and O–H groups in total. The van der Waals surface area contributed by atoms with Gasteiger partial charge in [-0.3, -0.25) is 9.59 Å². The first-order valence-corrected chi connectivity index (χ1v) is 22.7. The maximum atomic E-state index is 12.5. The van der Waals surface area contributed by atoms with Crippen LogP contribution in [0.25, 0.3) is 0 Å². The number of ether oxygens (including phenoxy) is 2. The minimum atomic E-state index is -0.0384. The van der Waals surface area contributed by atoms with E-state index in [1.165, 1.54) is 154 Å². The molecule has 6 heteroatoms. The second kappa shape index (κ2) is 45.0. The molecule has 51 heavy (non-hydrogen) atoms. The average Bonchev–Trinajstić information content (AvgIpc) is 3.12. The van der Waals surface area contributed by atoms with E-state index < -0.39 is 0 Å². The summed E-state index contributed by atoms with van der Waals surface area (Å²) in [5.41, 5.74) is 0. The van der Waals surface area contributed by atoms with Crippen LogP contribution in [-0.2, 0) is 19.1 Å². The number of aliphatic hydroxyl groups excluding tert-OH is 1. The van der Waals surface area contributed by atoms with Crippen LogP contribution in [0.4, 0.5) is 0 Å². The zero-order valence-corrected chi connectivity index (χ0v) is 35.3. The summed E-state index contributed by atoms with van der Waals surface area (Å²) in [5, 5.41) is 9.28. The largest absolute Gasteiger partial charge is 0.466 e. The fourth-order valence-electron chi connectivity index (χ4n) is 6.53. The van der Waals surface area contributed by atoms with Gasteiger partial charge in [-0.2, -0.15) is 0 Å². The smallest absolute Gasteiger partial charge is 0.306 e. The fraction of sp³-hybridized carbons (Fsp3) is 0.956. The molecule has 0 bridgehead atoms. The van der Waals surface area contributed by atoms with Gasteiger partial charge in [0.25, 0.3) is 0 Å². The van der Waals surface area contributed by atoms with Crippen LogP contribution in [0.1, 0.15) is 240 Å². The number of unbranched alkanes of at least 4 members (excludes halogenated alkanes) is 22. The minimum Gasteiger partial charge on any atom is -0.466 e. The predicted octanol–water partition coefficient (Wildman–Crippen LogP) is 13.3. The van der Waals surface area contributed by atoms with Gasteiger partial charge < -0.3 is 19.5 Å². The molecule has 6 nitrogen and oxygen atoms in total. The first-order valence-electron chi connectivity index (χ1n) is 22.7. The third-order valence-electron chi connectivity index (χ3n) is 9.87. The normalized spacial score (nSPS) is 11.2. The third kappa shape index (κ3) is 43.2. The van der Waals surface area contributed by atoms with Crippen molar-refractivity contribution in [1.82, 2.24) is 4.90 Å². The van der Waals surface area contributed by atoms with Crippen LogP contribution in [0.3, 0.4) is 0 Å². The summed E-state index contributed by atoms with van der Waals surface area (Å²) in [7, 11) is 0. The van der Waals surface area contributed by atoms with Crippen molar-refractivity contribution in [2.24, 2.45) is 0 Å². The monoisotopic (exact) mass is 726 g/mol. The molecule has 0 aliphatic carbocycles. The lowest BCUT2D eigenvalue weighted by molar-refractivity contribution is -0.150. The topological polar surface area (TPSA) is 76.1 Å². The Kier molecular flexibility index (Phi) is 45.9. The van der Waals surface area contributed by atoms with Crippen molar-refractivity contribution in [2.45, 2.75) is 246 Å². The lowest BCUT2D eigenvalue weighted by atomic mass is 10.0. The summed E-state index contributed by atoms with van der Waals surface area (Å²) in [6.07, 6.45) is 38.1. The van der Waals surface area contributed by atoms with E-state index in [0.717, 1.165) is 58.2 Å². The van der Waals surface area contributed by atoms with E-state index in [1.54, 1.807) is 0 Å². The zero-order valence-electron chi connectivity index (χ0n) is 35.3. The molecule has 0 spiro atoms. The van der Waals surface area contributed by atoms with E-state index >= 15 is 0 Å². The standard InChI is InChI=1S/C32H65NO3.C13H26O2/c1-4-7-10-12-15-19-24-31(25-20-16-13-11-8-5-2)36-32(35)26-21-17-14-18-23-28-33(29-30-34)27-22-9-6-3;1-3-5-6-7-8-9-10-12-15-13(14)11-4-2/h31,34H,4-30H2,1-3H3;3-12H2,1-2H3. The molecule has 0 fully saturated rings. The van der Waals surface area contributed by atoms with E-state index in [1.807, 2.05) is 6.92 Å². The number of aliphatic hydroxyl groups is 1. The summed E-state index contributed by atoms with van der Waals surface area (Å²) in [5.74, 6) is -0.00880. The quantitative estimate of drug-likeness (QED) is 0.0502. The first-order chi connectivity index (χ1) is 25.0. The van der Waals surface area contributed by atoms with Gasteiger partial charge in [0.15, 0.2) is 0 Å². The number of carbonyl (C=O) groups is 2. The molecule has 306 valence electrons. The molecule has 0 aliphatic rings. The summed E-state index contributed by atoms with van der Waals surface area (Å²) >= 11 is 0. The van der Waals surface area contributed by atoms with Gasteiger partial charge in [0.1, 0.15) is 6.10 Å². The molecule has 0 unspecified atom stereocenters. The summed E-state index contributed by atoms with van der Waals surface area (Å²) < 4.78 is 11.0. The van der Waals surface area contributed by atoms with Gasteiger partial charge in [-0.25, -0.2) is 0 Å². The Morgan fingerprint density at radius 3 is 1.35 bits per heavy atom. The summed E-state index contributed by atoms with van der Waals surface area (Å²) in [4.78, 5) is 25.9. The van der Waals surface area contributed by atoms with E-state index in [0.29, 0.717) is 19.4 Å².